The second kappa shape index (κ2) is 9.50. The number of halogens is 2. The number of nitrogens with zero attached hydrogens (tertiary/aromatic N) is 9. The summed E-state index contributed by atoms with van der Waals surface area (Å²) in [6.07, 6.45) is 2.12. The number of nitrogens with one attached hydrogen (secondary N) is 1. The number of likely N-dealkylation sites (tertiary alicyclic amines) is 1. The van der Waals surface area contributed by atoms with Crippen LogP contribution in [0.15, 0.2) is 42.9 Å². The second-order valence-electron chi connectivity index (χ2n) is 8.38. The van der Waals surface area contributed by atoms with Crippen molar-refractivity contribution in [1.29, 1.82) is 0 Å². The van der Waals surface area contributed by atoms with E-state index in [-0.39, 0.29) is 23.9 Å². The SMILES string of the molecule is CN1CCC(O)(c2cn(-c3cccc(-c4ccnc(Nc5cn(C)nc5OCC(F)F)n4)n3)nn2)C1=O. The fraction of sp³-hybridized carbons (Fsp3) is 0.318. The number of hydrogen-bond acceptors (Lipinski definition) is 10. The summed E-state index contributed by atoms with van der Waals surface area (Å²) in [7, 11) is 3.24. The van der Waals surface area contributed by atoms with Crippen molar-refractivity contribution in [3.63, 3.8) is 0 Å². The van der Waals surface area contributed by atoms with Crippen LogP contribution in [0.25, 0.3) is 17.2 Å². The number of aromatic nitrogens is 8. The van der Waals surface area contributed by atoms with Gasteiger partial charge in [0, 0.05) is 33.3 Å². The normalized spacial score (nSPS) is 17.6. The average Bonchev–Trinajstić information content (AvgIpc) is 3.59. The third kappa shape index (κ3) is 4.80. The molecule has 4 aromatic heterocycles. The predicted octanol–water partition coefficient (Wildman–Crippen LogP) is 1.29. The van der Waals surface area contributed by atoms with Gasteiger partial charge in [0.2, 0.25) is 5.95 Å². The first-order chi connectivity index (χ1) is 17.7. The van der Waals surface area contributed by atoms with Crippen molar-refractivity contribution in [3.05, 3.63) is 48.5 Å². The molecule has 13 nitrogen and oxygen atoms in total. The Morgan fingerprint density at radius 3 is 2.76 bits per heavy atom. The number of amides is 1. The molecule has 0 aromatic carbocycles. The zero-order chi connectivity index (χ0) is 26.2. The molecule has 1 aliphatic heterocycles. The molecule has 1 saturated heterocycles. The van der Waals surface area contributed by atoms with E-state index in [0.717, 1.165) is 0 Å². The molecule has 1 fully saturated rings. The van der Waals surface area contributed by atoms with Crippen molar-refractivity contribution in [1.82, 2.24) is 44.6 Å². The Kier molecular flexibility index (Phi) is 6.20. The zero-order valence-corrected chi connectivity index (χ0v) is 19.8. The number of likely N-dealkylation sites (N-methyl/N-ethyl adjacent to an activating group) is 1. The molecule has 0 saturated carbocycles. The lowest BCUT2D eigenvalue weighted by atomic mass is 9.99. The van der Waals surface area contributed by atoms with Crippen molar-refractivity contribution < 1.29 is 23.4 Å². The molecule has 2 N–H and O–H groups in total. The first-order valence-corrected chi connectivity index (χ1v) is 11.2. The van der Waals surface area contributed by atoms with Crippen LogP contribution in [-0.4, -0.2) is 82.3 Å². The van der Waals surface area contributed by atoms with Crippen molar-refractivity contribution in [2.45, 2.75) is 18.4 Å². The predicted molar refractivity (Wildman–Crippen MR) is 124 cm³/mol. The van der Waals surface area contributed by atoms with E-state index in [1.165, 1.54) is 26.7 Å². The first-order valence-electron chi connectivity index (χ1n) is 11.2. The molecule has 5 heterocycles. The Labute approximate surface area is 208 Å². The molecular formula is C22H22F2N10O3. The highest BCUT2D eigenvalue weighted by atomic mass is 19.3. The highest BCUT2D eigenvalue weighted by Crippen LogP contribution is 2.31. The van der Waals surface area contributed by atoms with Gasteiger partial charge in [0.15, 0.2) is 18.0 Å². The van der Waals surface area contributed by atoms with Gasteiger partial charge in [-0.2, -0.15) is 0 Å². The number of carbonyl (C=O) groups excluding carboxylic acids is 1. The summed E-state index contributed by atoms with van der Waals surface area (Å²) in [6, 6.07) is 6.82. The van der Waals surface area contributed by atoms with Gasteiger partial charge in [-0.05, 0) is 18.2 Å². The molecule has 5 rings (SSSR count). The standard InChI is InChI=1S/C22H22F2N10O3/c1-32-9-7-22(36,20(32)35)16-11-34(31-29-16)18-5-3-4-13(26-18)14-6-8-25-21(27-14)28-15-10-33(2)30-19(15)37-12-17(23)24/h3-6,8,10-11,17,36H,7,9,12H2,1-2H3,(H,25,27,28). The van der Waals surface area contributed by atoms with Gasteiger partial charge >= 0.3 is 0 Å². The number of alkyl halides is 2. The number of hydrogen-bond donors (Lipinski definition) is 2. The Morgan fingerprint density at radius 2 is 2.00 bits per heavy atom. The average molecular weight is 512 g/mol. The number of aryl methyl sites for hydroxylation is 1. The Bertz CT molecular complexity index is 1440. The summed E-state index contributed by atoms with van der Waals surface area (Å²) in [5, 5.41) is 25.8. The lowest BCUT2D eigenvalue weighted by Gasteiger charge is -2.17. The highest BCUT2D eigenvalue weighted by Gasteiger charge is 2.47. The van der Waals surface area contributed by atoms with Crippen molar-refractivity contribution >= 4 is 17.5 Å². The molecule has 4 aromatic rings. The molecule has 37 heavy (non-hydrogen) atoms. The van der Waals surface area contributed by atoms with E-state index in [4.69, 9.17) is 4.74 Å². The first kappa shape index (κ1) is 24.2. The fourth-order valence-corrected chi connectivity index (χ4v) is 3.83. The van der Waals surface area contributed by atoms with Gasteiger partial charge in [-0.25, -0.2) is 28.4 Å². The van der Waals surface area contributed by atoms with Gasteiger partial charge in [0.05, 0.1) is 23.8 Å². The molecule has 192 valence electrons. The number of rotatable bonds is 8. The van der Waals surface area contributed by atoms with Gasteiger partial charge in [-0.1, -0.05) is 11.3 Å². The highest BCUT2D eigenvalue weighted by molar-refractivity contribution is 5.87. The summed E-state index contributed by atoms with van der Waals surface area (Å²) >= 11 is 0. The van der Waals surface area contributed by atoms with Crippen LogP contribution in [0, 0.1) is 0 Å². The summed E-state index contributed by atoms with van der Waals surface area (Å²) in [5.41, 5.74) is -0.311. The Morgan fingerprint density at radius 1 is 1.19 bits per heavy atom. The molecular weight excluding hydrogens is 490 g/mol. The molecule has 1 atom stereocenters. The van der Waals surface area contributed by atoms with Gasteiger partial charge in [-0.3, -0.25) is 9.48 Å². The summed E-state index contributed by atoms with van der Waals surface area (Å²) in [4.78, 5) is 27.0. The lowest BCUT2D eigenvalue weighted by molar-refractivity contribution is -0.143. The van der Waals surface area contributed by atoms with Gasteiger partial charge in [0.25, 0.3) is 18.2 Å². The van der Waals surface area contributed by atoms with E-state index < -0.39 is 24.5 Å². The summed E-state index contributed by atoms with van der Waals surface area (Å²) < 4.78 is 33.0. The van der Waals surface area contributed by atoms with Crippen LogP contribution < -0.4 is 10.1 Å². The minimum Gasteiger partial charge on any atom is -0.469 e. The second-order valence-corrected chi connectivity index (χ2v) is 8.38. The Balaban J connectivity index is 1.38. The van der Waals surface area contributed by atoms with Crippen molar-refractivity contribution in [3.8, 4) is 23.1 Å². The van der Waals surface area contributed by atoms with Crippen LogP contribution in [0.4, 0.5) is 20.4 Å². The topological polar surface area (TPSA) is 149 Å². The van der Waals surface area contributed by atoms with E-state index in [2.05, 4.69) is 35.7 Å². The molecule has 1 amide bonds. The molecule has 15 heteroatoms. The van der Waals surface area contributed by atoms with Crippen LogP contribution in [0.3, 0.4) is 0 Å². The smallest absolute Gasteiger partial charge is 0.272 e. The molecule has 0 spiro atoms. The van der Waals surface area contributed by atoms with E-state index in [9.17, 15) is 18.7 Å². The number of pyridine rings is 1. The number of carbonyl (C=O) groups is 1. The van der Waals surface area contributed by atoms with Crippen LogP contribution in [-0.2, 0) is 17.4 Å². The van der Waals surface area contributed by atoms with E-state index >= 15 is 0 Å². The minimum absolute atomic E-state index is 0.00694. The maximum Gasteiger partial charge on any atom is 0.272 e. The number of ether oxygens (including phenoxy) is 1. The quantitative estimate of drug-likeness (QED) is 0.354. The van der Waals surface area contributed by atoms with E-state index in [1.54, 1.807) is 44.6 Å². The molecule has 0 bridgehead atoms. The summed E-state index contributed by atoms with van der Waals surface area (Å²) in [5.74, 6) is 0.126. The van der Waals surface area contributed by atoms with Crippen molar-refractivity contribution in [2.75, 3.05) is 25.5 Å². The van der Waals surface area contributed by atoms with Gasteiger partial charge < -0.3 is 20.1 Å². The number of aliphatic hydroxyl groups is 1. The number of anilines is 2. The minimum atomic E-state index is -2.64. The van der Waals surface area contributed by atoms with Crippen LogP contribution in [0.5, 0.6) is 5.88 Å². The Hall–Kier alpha value is -4.53. The monoisotopic (exact) mass is 512 g/mol. The largest absolute Gasteiger partial charge is 0.469 e. The van der Waals surface area contributed by atoms with Crippen LogP contribution >= 0.6 is 0 Å². The lowest BCUT2D eigenvalue weighted by Crippen LogP contribution is -2.36. The van der Waals surface area contributed by atoms with E-state index in [0.29, 0.717) is 29.4 Å². The third-order valence-electron chi connectivity index (χ3n) is 5.70. The molecule has 1 unspecified atom stereocenters. The summed E-state index contributed by atoms with van der Waals surface area (Å²) in [6.45, 7) is -0.381. The zero-order valence-electron chi connectivity index (χ0n) is 19.8. The van der Waals surface area contributed by atoms with E-state index in [1.807, 2.05) is 0 Å². The molecule has 0 radical (unpaired) electrons. The maximum absolute atomic E-state index is 12.6. The van der Waals surface area contributed by atoms with Crippen molar-refractivity contribution in [2.24, 2.45) is 7.05 Å². The fourth-order valence-electron chi connectivity index (χ4n) is 3.83. The van der Waals surface area contributed by atoms with Gasteiger partial charge in [-0.15, -0.1) is 10.2 Å². The third-order valence-corrected chi connectivity index (χ3v) is 5.70. The van der Waals surface area contributed by atoms with Gasteiger partial charge in [0.1, 0.15) is 11.4 Å². The van der Waals surface area contributed by atoms with Crippen LogP contribution in [0.1, 0.15) is 12.1 Å². The molecule has 1 aliphatic rings. The molecule has 0 aliphatic carbocycles. The van der Waals surface area contributed by atoms with Crippen LogP contribution in [0.2, 0.25) is 0 Å². The maximum atomic E-state index is 12.6.